The molecule has 2 aromatic rings. The largest absolute Gasteiger partial charge is 0.390 e. The Morgan fingerprint density at radius 2 is 2.11 bits per heavy atom. The van der Waals surface area contributed by atoms with Crippen molar-refractivity contribution in [3.05, 3.63) is 22.0 Å². The maximum atomic E-state index is 12.2. The van der Waals surface area contributed by atoms with Crippen LogP contribution < -0.4 is 5.69 Å². The lowest BCUT2D eigenvalue weighted by Gasteiger charge is -2.27. The van der Waals surface area contributed by atoms with E-state index in [0.717, 1.165) is 25.7 Å². The molecule has 0 amide bonds. The van der Waals surface area contributed by atoms with E-state index >= 15 is 0 Å². The third-order valence-corrected chi connectivity index (χ3v) is 4.82. The summed E-state index contributed by atoms with van der Waals surface area (Å²) in [5.74, 6) is 0. The van der Waals surface area contributed by atoms with Gasteiger partial charge in [0, 0.05) is 0 Å². The van der Waals surface area contributed by atoms with E-state index in [9.17, 15) is 9.90 Å². The van der Waals surface area contributed by atoms with Crippen LogP contribution in [0.25, 0.3) is 11.2 Å². The molecular weight excluding hydrogens is 268 g/mol. The molecule has 4 rings (SSSR count). The van der Waals surface area contributed by atoms with Crippen molar-refractivity contribution in [2.75, 3.05) is 0 Å². The molecule has 6 nitrogen and oxygen atoms in total. The number of fused-ring (bicyclic) bond motifs is 3. The molecule has 2 heterocycles. The van der Waals surface area contributed by atoms with Crippen LogP contribution in [0.2, 0.25) is 5.28 Å². The molecular formula is C12H13ClN4O2. The van der Waals surface area contributed by atoms with E-state index in [1.54, 1.807) is 4.57 Å². The summed E-state index contributed by atoms with van der Waals surface area (Å²) in [5, 5.41) is 10.5. The smallest absolute Gasteiger partial charge is 0.328 e. The Bertz CT molecular complexity index is 727. The van der Waals surface area contributed by atoms with E-state index in [1.807, 2.05) is 0 Å². The van der Waals surface area contributed by atoms with Gasteiger partial charge in [-0.1, -0.05) is 0 Å². The number of aromatic nitrogens is 4. The highest BCUT2D eigenvalue weighted by atomic mass is 35.5. The molecule has 2 aliphatic rings. The lowest BCUT2D eigenvalue weighted by molar-refractivity contribution is 0.0521. The highest BCUT2D eigenvalue weighted by molar-refractivity contribution is 6.28. The lowest BCUT2D eigenvalue weighted by atomic mass is 9.92. The molecule has 2 bridgehead atoms. The molecule has 19 heavy (non-hydrogen) atoms. The first-order valence-electron chi connectivity index (χ1n) is 6.38. The summed E-state index contributed by atoms with van der Waals surface area (Å²) >= 11 is 5.83. The Labute approximate surface area is 113 Å². The minimum atomic E-state index is -0.611. The van der Waals surface area contributed by atoms with Gasteiger partial charge >= 0.3 is 5.69 Å². The minimum absolute atomic E-state index is 0.128. The first-order chi connectivity index (χ1) is 9.01. The first kappa shape index (κ1) is 11.4. The number of hydrogen-bond donors (Lipinski definition) is 2. The molecule has 0 spiro atoms. The zero-order valence-electron chi connectivity index (χ0n) is 10.2. The quantitative estimate of drug-likeness (QED) is 0.768. The number of halogens is 1. The molecule has 2 aromatic heterocycles. The summed E-state index contributed by atoms with van der Waals surface area (Å²) in [5.41, 5.74) is 0.00159. The van der Waals surface area contributed by atoms with Gasteiger partial charge in [0.2, 0.25) is 5.28 Å². The second-order valence-electron chi connectivity index (χ2n) is 5.77. The van der Waals surface area contributed by atoms with Crippen molar-refractivity contribution in [3.8, 4) is 0 Å². The highest BCUT2D eigenvalue weighted by Crippen LogP contribution is 2.54. The first-order valence-corrected chi connectivity index (χ1v) is 6.75. The average Bonchev–Trinajstić information content (AvgIpc) is 2.96. The second-order valence-corrected chi connectivity index (χ2v) is 6.11. The fraction of sp³-hybridized carbons (Fsp3) is 0.583. The molecule has 0 aromatic carbocycles. The van der Waals surface area contributed by atoms with Gasteiger partial charge in [-0.05, 0) is 43.7 Å². The number of H-pyrrole nitrogens is 1. The van der Waals surface area contributed by atoms with Crippen LogP contribution in [-0.2, 0) is 5.54 Å². The van der Waals surface area contributed by atoms with Gasteiger partial charge in [0.1, 0.15) is 5.52 Å². The monoisotopic (exact) mass is 280 g/mol. The van der Waals surface area contributed by atoms with Crippen LogP contribution in [0.15, 0.2) is 11.0 Å². The Kier molecular flexibility index (Phi) is 2.03. The zero-order chi connectivity index (χ0) is 13.3. The van der Waals surface area contributed by atoms with Crippen LogP contribution in [0.3, 0.4) is 0 Å². The topological polar surface area (TPSA) is 83.8 Å². The van der Waals surface area contributed by atoms with E-state index in [4.69, 9.17) is 11.6 Å². The van der Waals surface area contributed by atoms with E-state index in [-0.39, 0.29) is 16.5 Å². The van der Waals surface area contributed by atoms with Crippen LogP contribution in [0, 0.1) is 0 Å². The van der Waals surface area contributed by atoms with Crippen LogP contribution >= 0.6 is 11.6 Å². The van der Waals surface area contributed by atoms with Crippen molar-refractivity contribution in [2.24, 2.45) is 0 Å². The van der Waals surface area contributed by atoms with Crippen molar-refractivity contribution in [2.45, 2.75) is 43.2 Å². The average molecular weight is 281 g/mol. The van der Waals surface area contributed by atoms with Gasteiger partial charge in [-0.3, -0.25) is 4.57 Å². The molecule has 2 N–H and O–H groups in total. The van der Waals surface area contributed by atoms with Crippen LogP contribution in [-0.4, -0.2) is 30.2 Å². The number of hydrogen-bond acceptors (Lipinski definition) is 4. The number of aliphatic hydroxyl groups is 1. The lowest BCUT2D eigenvalue weighted by Crippen LogP contribution is -2.36. The molecule has 2 saturated carbocycles. The fourth-order valence-electron chi connectivity index (χ4n) is 3.77. The third kappa shape index (κ3) is 1.44. The number of rotatable bonds is 1. The Morgan fingerprint density at radius 1 is 1.37 bits per heavy atom. The van der Waals surface area contributed by atoms with Crippen LogP contribution in [0.4, 0.5) is 0 Å². The van der Waals surface area contributed by atoms with Gasteiger partial charge in [0.05, 0.1) is 17.3 Å². The maximum Gasteiger partial charge on any atom is 0.328 e. The van der Waals surface area contributed by atoms with Crippen molar-refractivity contribution in [1.82, 2.24) is 19.5 Å². The van der Waals surface area contributed by atoms with E-state index < -0.39 is 5.60 Å². The summed E-state index contributed by atoms with van der Waals surface area (Å²) in [6.45, 7) is 0. The molecule has 100 valence electrons. The van der Waals surface area contributed by atoms with Gasteiger partial charge in [0.25, 0.3) is 0 Å². The van der Waals surface area contributed by atoms with Crippen molar-refractivity contribution in [1.29, 1.82) is 0 Å². The third-order valence-electron chi connectivity index (χ3n) is 4.64. The zero-order valence-corrected chi connectivity index (χ0v) is 10.9. The predicted octanol–water partition coefficient (Wildman–Crippen LogP) is 1.18. The van der Waals surface area contributed by atoms with Crippen LogP contribution in [0.1, 0.15) is 32.1 Å². The molecule has 0 unspecified atom stereocenters. The molecule has 2 aliphatic carbocycles. The van der Waals surface area contributed by atoms with E-state index in [2.05, 4.69) is 15.0 Å². The van der Waals surface area contributed by atoms with Crippen molar-refractivity contribution in [3.63, 3.8) is 0 Å². The fourth-order valence-corrected chi connectivity index (χ4v) is 3.90. The van der Waals surface area contributed by atoms with Gasteiger partial charge < -0.3 is 10.1 Å². The summed E-state index contributed by atoms with van der Waals surface area (Å²) in [7, 11) is 0. The molecule has 0 aliphatic heterocycles. The highest BCUT2D eigenvalue weighted by Gasteiger charge is 2.55. The molecule has 0 radical (unpaired) electrons. The maximum absolute atomic E-state index is 12.2. The summed E-state index contributed by atoms with van der Waals surface area (Å²) in [4.78, 5) is 23.1. The van der Waals surface area contributed by atoms with Gasteiger partial charge in [-0.15, -0.1) is 0 Å². The molecule has 7 heteroatoms. The Balaban J connectivity index is 1.99. The molecule has 0 saturated heterocycles. The van der Waals surface area contributed by atoms with Crippen LogP contribution in [0.5, 0.6) is 0 Å². The summed E-state index contributed by atoms with van der Waals surface area (Å²) in [6, 6.07) is 0. The van der Waals surface area contributed by atoms with Gasteiger partial charge in [-0.25, -0.2) is 9.78 Å². The second kappa shape index (κ2) is 3.37. The van der Waals surface area contributed by atoms with E-state index in [1.165, 1.54) is 6.20 Å². The summed E-state index contributed by atoms with van der Waals surface area (Å²) < 4.78 is 1.68. The molecule has 0 atom stereocenters. The SMILES string of the molecule is O=c1[nH]c2cnc(Cl)nc2n1C12CCC(O)(CC1)C2. The van der Waals surface area contributed by atoms with Gasteiger partial charge in [-0.2, -0.15) is 4.98 Å². The number of nitrogens with zero attached hydrogens (tertiary/aromatic N) is 3. The normalized spacial score (nSPS) is 33.4. The Morgan fingerprint density at radius 3 is 2.74 bits per heavy atom. The number of aromatic amines is 1. The van der Waals surface area contributed by atoms with Gasteiger partial charge in [0.15, 0.2) is 5.65 Å². The minimum Gasteiger partial charge on any atom is -0.390 e. The number of nitrogens with one attached hydrogen (secondary N) is 1. The predicted molar refractivity (Wildman–Crippen MR) is 69.2 cm³/mol. The molecule has 2 fully saturated rings. The van der Waals surface area contributed by atoms with Crippen molar-refractivity contribution < 1.29 is 5.11 Å². The van der Waals surface area contributed by atoms with Crippen molar-refractivity contribution >= 4 is 22.8 Å². The Hall–Kier alpha value is -1.40. The number of imidazole rings is 1. The summed E-state index contributed by atoms with van der Waals surface area (Å²) in [6.07, 6.45) is 5.23. The van der Waals surface area contributed by atoms with E-state index in [0.29, 0.717) is 17.6 Å². The standard InChI is InChI=1S/C12H13ClN4O2/c13-9-14-5-7-8(16-9)17(10(18)15-7)11-1-3-12(19,6-11)4-2-11/h5,19H,1-4,6H2,(H,15,18).